The molecular weight excluding hydrogens is 789 g/mol. The molecule has 1 rings (SSSR count). The second-order valence-electron chi connectivity index (χ2n) is 16.4. The zero-order valence-electron chi connectivity index (χ0n) is 37.3. The summed E-state index contributed by atoms with van der Waals surface area (Å²) in [6.45, 7) is 3.72. The van der Waals surface area contributed by atoms with Crippen molar-refractivity contribution in [2.75, 3.05) is 19.0 Å². The molecule has 6 atom stereocenters. The second-order valence-corrected chi connectivity index (χ2v) is 17.9. The molecule has 0 bridgehead atoms. The highest BCUT2D eigenvalue weighted by Gasteiger charge is 2.46. The SMILES string of the molecule is CCCCC/C=C/C/C=C/CCCCCCCCCC(=O)OC[C@H](CO[C@H]1O[C@H](CS(=O)(=O)O)[C@@H](O)C(O)C1O)OC(=O)CCCCC/C=C/CCCCCCCCCC. The minimum Gasteiger partial charge on any atom is -0.462 e. The molecule has 0 aliphatic carbocycles. The zero-order chi connectivity index (χ0) is 44.1. The van der Waals surface area contributed by atoms with Crippen LogP contribution in [0.1, 0.15) is 194 Å². The van der Waals surface area contributed by atoms with Gasteiger partial charge in [0, 0.05) is 12.8 Å². The minimum absolute atomic E-state index is 0.143. The molecule has 12 nitrogen and oxygen atoms in total. The lowest BCUT2D eigenvalue weighted by Crippen LogP contribution is -2.60. The van der Waals surface area contributed by atoms with E-state index in [0.717, 1.165) is 64.2 Å². The van der Waals surface area contributed by atoms with Crippen molar-refractivity contribution in [2.24, 2.45) is 0 Å². The largest absolute Gasteiger partial charge is 0.462 e. The number of hydrogen-bond donors (Lipinski definition) is 4. The van der Waals surface area contributed by atoms with Gasteiger partial charge in [-0.3, -0.25) is 14.1 Å². The van der Waals surface area contributed by atoms with Crippen molar-refractivity contribution in [3.63, 3.8) is 0 Å². The Morgan fingerprint density at radius 3 is 1.53 bits per heavy atom. The average Bonchev–Trinajstić information content (AvgIpc) is 3.21. The van der Waals surface area contributed by atoms with E-state index in [9.17, 15) is 37.9 Å². The second kappa shape index (κ2) is 37.4. The Morgan fingerprint density at radius 2 is 1.00 bits per heavy atom. The normalized spacial score (nSPS) is 20.4. The molecule has 1 saturated heterocycles. The number of rotatable bonds is 39. The van der Waals surface area contributed by atoms with Gasteiger partial charge in [-0.1, -0.05) is 147 Å². The van der Waals surface area contributed by atoms with Crippen LogP contribution in [0.15, 0.2) is 36.5 Å². The Labute approximate surface area is 363 Å². The quantitative estimate of drug-likeness (QED) is 0.0199. The number of carbonyl (C=O) groups is 2. The van der Waals surface area contributed by atoms with Gasteiger partial charge in [-0.2, -0.15) is 8.42 Å². The minimum atomic E-state index is -4.60. The van der Waals surface area contributed by atoms with Gasteiger partial charge in [0.05, 0.1) is 6.61 Å². The number of carbonyl (C=O) groups excluding carboxylic acids is 2. The van der Waals surface area contributed by atoms with Crippen molar-refractivity contribution in [3.05, 3.63) is 36.5 Å². The molecule has 1 aliphatic heterocycles. The molecule has 0 radical (unpaired) electrons. The van der Waals surface area contributed by atoms with Gasteiger partial charge in [0.25, 0.3) is 10.1 Å². The molecule has 0 aromatic rings. The molecule has 0 amide bonds. The van der Waals surface area contributed by atoms with Crippen LogP contribution in [-0.4, -0.2) is 96.0 Å². The number of ether oxygens (including phenoxy) is 4. The maximum Gasteiger partial charge on any atom is 0.306 e. The Kier molecular flexibility index (Phi) is 34.9. The molecule has 60 heavy (non-hydrogen) atoms. The van der Waals surface area contributed by atoms with E-state index in [0.29, 0.717) is 12.8 Å². The van der Waals surface area contributed by atoms with Crippen molar-refractivity contribution < 1.29 is 56.8 Å². The van der Waals surface area contributed by atoms with E-state index < -0.39 is 71.2 Å². The first kappa shape index (κ1) is 55.9. The lowest BCUT2D eigenvalue weighted by molar-refractivity contribution is -0.297. The molecule has 1 fully saturated rings. The number of unbranched alkanes of at least 4 members (excludes halogenated alkanes) is 21. The molecule has 0 spiro atoms. The van der Waals surface area contributed by atoms with Crippen LogP contribution in [0.25, 0.3) is 0 Å². The summed E-state index contributed by atoms with van der Waals surface area (Å²) in [7, 11) is -4.60. The van der Waals surface area contributed by atoms with E-state index in [-0.39, 0.29) is 19.4 Å². The van der Waals surface area contributed by atoms with Gasteiger partial charge in [-0.05, 0) is 70.6 Å². The maximum atomic E-state index is 12.8. The third kappa shape index (κ3) is 31.7. The third-order valence-corrected chi connectivity index (χ3v) is 11.4. The predicted molar refractivity (Wildman–Crippen MR) is 238 cm³/mol. The van der Waals surface area contributed by atoms with Crippen molar-refractivity contribution in [2.45, 2.75) is 230 Å². The topological polar surface area (TPSA) is 186 Å². The fraction of sp³-hybridized carbons (Fsp3) is 0.830. The molecule has 13 heteroatoms. The Bertz CT molecular complexity index is 1250. The number of aliphatic hydroxyl groups is 3. The molecule has 350 valence electrons. The van der Waals surface area contributed by atoms with Gasteiger partial charge in [0.15, 0.2) is 12.4 Å². The molecule has 1 aliphatic rings. The Hall–Kier alpha value is -2.13. The van der Waals surface area contributed by atoms with E-state index in [4.69, 9.17) is 18.9 Å². The van der Waals surface area contributed by atoms with E-state index in [1.165, 1.54) is 89.9 Å². The summed E-state index contributed by atoms with van der Waals surface area (Å²) < 4.78 is 54.1. The summed E-state index contributed by atoms with van der Waals surface area (Å²) >= 11 is 0. The van der Waals surface area contributed by atoms with Gasteiger partial charge < -0.3 is 34.3 Å². The van der Waals surface area contributed by atoms with Crippen molar-refractivity contribution >= 4 is 22.1 Å². The summed E-state index contributed by atoms with van der Waals surface area (Å²) in [5, 5.41) is 30.9. The summed E-state index contributed by atoms with van der Waals surface area (Å²) in [6.07, 6.45) is 33.3. The third-order valence-electron chi connectivity index (χ3n) is 10.7. The first-order chi connectivity index (χ1) is 29.0. The summed E-state index contributed by atoms with van der Waals surface area (Å²) in [5.74, 6) is -2.01. The fourth-order valence-electron chi connectivity index (χ4n) is 7.00. The van der Waals surface area contributed by atoms with Crippen LogP contribution in [0, 0.1) is 0 Å². The molecule has 0 saturated carbocycles. The summed E-state index contributed by atoms with van der Waals surface area (Å²) in [6, 6.07) is 0. The van der Waals surface area contributed by atoms with Crippen LogP contribution < -0.4 is 0 Å². The number of esters is 2. The molecule has 1 heterocycles. The number of allylic oxidation sites excluding steroid dienone is 6. The van der Waals surface area contributed by atoms with Gasteiger partial charge >= 0.3 is 11.9 Å². The van der Waals surface area contributed by atoms with Gasteiger partial charge in [0.1, 0.15) is 36.8 Å². The van der Waals surface area contributed by atoms with Gasteiger partial charge in [-0.15, -0.1) is 0 Å². The van der Waals surface area contributed by atoms with Crippen LogP contribution >= 0.6 is 0 Å². The van der Waals surface area contributed by atoms with Crippen molar-refractivity contribution in [1.29, 1.82) is 0 Å². The summed E-state index contributed by atoms with van der Waals surface area (Å²) in [5.41, 5.74) is 0. The van der Waals surface area contributed by atoms with E-state index in [1.54, 1.807) is 0 Å². The van der Waals surface area contributed by atoms with Gasteiger partial charge in [-0.25, -0.2) is 0 Å². The lowest BCUT2D eigenvalue weighted by atomic mass is 10.00. The molecule has 0 aromatic heterocycles. The van der Waals surface area contributed by atoms with Crippen molar-refractivity contribution in [1.82, 2.24) is 0 Å². The first-order valence-electron chi connectivity index (χ1n) is 23.5. The zero-order valence-corrected chi connectivity index (χ0v) is 38.1. The number of hydrogen-bond acceptors (Lipinski definition) is 11. The van der Waals surface area contributed by atoms with Crippen LogP contribution in [0.3, 0.4) is 0 Å². The van der Waals surface area contributed by atoms with Crippen LogP contribution in [0.4, 0.5) is 0 Å². The highest BCUT2D eigenvalue weighted by molar-refractivity contribution is 7.85. The van der Waals surface area contributed by atoms with Crippen LogP contribution in [0.2, 0.25) is 0 Å². The van der Waals surface area contributed by atoms with Crippen LogP contribution in [0.5, 0.6) is 0 Å². The Balaban J connectivity index is 2.44. The van der Waals surface area contributed by atoms with Crippen molar-refractivity contribution in [3.8, 4) is 0 Å². The fourth-order valence-corrected chi connectivity index (χ4v) is 7.69. The monoisotopic (exact) mass is 873 g/mol. The first-order valence-corrected chi connectivity index (χ1v) is 25.2. The predicted octanol–water partition coefficient (Wildman–Crippen LogP) is 9.78. The van der Waals surface area contributed by atoms with E-state index in [2.05, 4.69) is 50.3 Å². The van der Waals surface area contributed by atoms with Crippen LogP contribution in [-0.2, 0) is 38.7 Å². The molecule has 4 N–H and O–H groups in total. The number of aliphatic hydroxyl groups excluding tert-OH is 3. The van der Waals surface area contributed by atoms with Gasteiger partial charge in [0.2, 0.25) is 0 Å². The average molecular weight is 873 g/mol. The highest BCUT2D eigenvalue weighted by atomic mass is 32.2. The molecule has 0 aromatic carbocycles. The lowest BCUT2D eigenvalue weighted by Gasteiger charge is -2.40. The maximum absolute atomic E-state index is 12.8. The highest BCUT2D eigenvalue weighted by Crippen LogP contribution is 2.24. The van der Waals surface area contributed by atoms with E-state index in [1.807, 2.05) is 0 Å². The molecule has 2 unspecified atom stereocenters. The van der Waals surface area contributed by atoms with E-state index >= 15 is 0 Å². The summed E-state index contributed by atoms with van der Waals surface area (Å²) in [4.78, 5) is 25.4. The Morgan fingerprint density at radius 1 is 0.567 bits per heavy atom. The molecular formula is C47H84O12S. The smallest absolute Gasteiger partial charge is 0.306 e. The standard InChI is InChI=1S/C47H84O12S/c1-3-5-7-9-11-13-15-17-19-20-22-23-25-27-29-31-33-35-42(48)56-37-40(38-57-47-46(52)45(51)44(50)41(59-47)39-60(53,54)55)58-43(49)36-34-32-30-28-26-24-21-18-16-14-12-10-8-6-4-2/h11,13,17,19,24,26,40-41,44-47,50-52H,3-10,12,14-16,18,20-23,25,27-39H2,1-2H3,(H,53,54,55)/b13-11+,19-17+,26-24+/t40-,41-,44-,45?,46?,47+/m1/s1.